The number of hydrogen-bond donors (Lipinski definition) is 1. The number of methoxy groups -OCH3 is 1. The van der Waals surface area contributed by atoms with Gasteiger partial charge in [-0.2, -0.15) is 0 Å². The molecule has 2 aromatic carbocycles. The summed E-state index contributed by atoms with van der Waals surface area (Å²) in [5, 5.41) is 15.5. The summed E-state index contributed by atoms with van der Waals surface area (Å²) in [5.74, 6) is -0.536. The van der Waals surface area contributed by atoms with Gasteiger partial charge in [-0.1, -0.05) is 45.8 Å². The van der Waals surface area contributed by atoms with Crippen molar-refractivity contribution in [2.24, 2.45) is 5.41 Å². The molecule has 4 aromatic rings. The first-order valence-electron chi connectivity index (χ1n) is 13.3. The number of nitrogens with zero attached hydrogens (tertiary/aromatic N) is 3. The van der Waals surface area contributed by atoms with Crippen LogP contribution in [0.2, 0.25) is 10.0 Å². The third-order valence-corrected chi connectivity index (χ3v) is 10.5. The van der Waals surface area contributed by atoms with Gasteiger partial charge in [0.05, 0.1) is 31.5 Å². The molecule has 0 atom stereocenters. The van der Waals surface area contributed by atoms with Crippen molar-refractivity contribution in [3.63, 3.8) is 0 Å². The van der Waals surface area contributed by atoms with Gasteiger partial charge in [-0.3, -0.25) is 0 Å². The minimum absolute atomic E-state index is 0.0695. The van der Waals surface area contributed by atoms with Crippen molar-refractivity contribution >= 4 is 55.9 Å². The average Bonchev–Trinajstić information content (AvgIpc) is 3.51. The van der Waals surface area contributed by atoms with Gasteiger partial charge in [0.1, 0.15) is 17.0 Å². The molecule has 0 amide bonds. The summed E-state index contributed by atoms with van der Waals surface area (Å²) < 4.78 is 27.3. The van der Waals surface area contributed by atoms with Crippen LogP contribution in [0.3, 0.4) is 0 Å². The molecular weight excluding hydrogens is 576 g/mol. The fraction of sp³-hybridized carbons (Fsp3) is 0.414. The lowest BCUT2D eigenvalue weighted by Gasteiger charge is -2.58. The zero-order chi connectivity index (χ0) is 27.8. The fourth-order valence-corrected chi connectivity index (χ4v) is 8.25. The van der Waals surface area contributed by atoms with E-state index >= 15 is 0 Å². The molecule has 40 heavy (non-hydrogen) atoms. The van der Waals surface area contributed by atoms with Gasteiger partial charge in [0.25, 0.3) is 0 Å². The molecule has 11 heteroatoms. The van der Waals surface area contributed by atoms with E-state index in [0.29, 0.717) is 37.1 Å². The van der Waals surface area contributed by atoms with Gasteiger partial charge in [0.15, 0.2) is 10.9 Å². The van der Waals surface area contributed by atoms with Crippen molar-refractivity contribution < 1.29 is 23.6 Å². The molecule has 3 heterocycles. The normalized spacial score (nSPS) is 19.8. The number of hydrogen-bond acceptors (Lipinski definition) is 7. The second kappa shape index (κ2) is 9.41. The Balaban J connectivity index is 1.15. The van der Waals surface area contributed by atoms with Crippen LogP contribution in [-0.2, 0) is 10.3 Å². The van der Waals surface area contributed by atoms with E-state index in [-0.39, 0.29) is 16.5 Å². The lowest BCUT2D eigenvalue weighted by atomic mass is 9.52. The highest BCUT2D eigenvalue weighted by Crippen LogP contribution is 2.64. The van der Waals surface area contributed by atoms with E-state index < -0.39 is 17.4 Å². The van der Waals surface area contributed by atoms with Crippen LogP contribution in [0.25, 0.3) is 21.5 Å². The highest BCUT2D eigenvalue weighted by atomic mass is 35.5. The van der Waals surface area contributed by atoms with E-state index in [1.54, 1.807) is 7.11 Å². The van der Waals surface area contributed by atoms with Crippen LogP contribution in [0.4, 0.5) is 9.52 Å². The number of anilines is 1. The van der Waals surface area contributed by atoms with Crippen LogP contribution in [0.5, 0.6) is 0 Å². The number of ether oxygens (including phenoxy) is 1. The van der Waals surface area contributed by atoms with Gasteiger partial charge >= 0.3 is 5.97 Å². The lowest BCUT2D eigenvalue weighted by Crippen LogP contribution is -2.55. The van der Waals surface area contributed by atoms with Gasteiger partial charge in [-0.25, -0.2) is 14.2 Å². The maximum Gasteiger partial charge on any atom is 0.335 e. The van der Waals surface area contributed by atoms with Crippen LogP contribution in [0, 0.1) is 11.2 Å². The first kappa shape index (κ1) is 26.2. The number of carbonyl (C=O) groups is 1. The predicted molar refractivity (Wildman–Crippen MR) is 152 cm³/mol. The van der Waals surface area contributed by atoms with Gasteiger partial charge in [0.2, 0.25) is 0 Å². The Labute approximate surface area is 243 Å². The number of benzene rings is 2. The van der Waals surface area contributed by atoms with E-state index in [0.717, 1.165) is 69.0 Å². The van der Waals surface area contributed by atoms with Gasteiger partial charge < -0.3 is 19.3 Å². The molecule has 0 bridgehead atoms. The van der Waals surface area contributed by atoms with Crippen LogP contribution in [0.15, 0.2) is 34.9 Å². The zero-order valence-corrected chi connectivity index (χ0v) is 24.0. The van der Waals surface area contributed by atoms with Crippen molar-refractivity contribution in [2.75, 3.05) is 25.1 Å². The molecule has 7 rings (SSSR count). The first-order valence-corrected chi connectivity index (χ1v) is 14.9. The number of carboxylic acid groups (broad SMARTS) is 1. The van der Waals surface area contributed by atoms with Crippen molar-refractivity contribution in [3.8, 4) is 11.3 Å². The number of thiazole rings is 1. The summed E-state index contributed by atoms with van der Waals surface area (Å²) in [6, 6.07) is 7.96. The molecular formula is C29H26Cl2FN3O4S. The first-order chi connectivity index (χ1) is 19.2. The molecule has 1 N–H and O–H groups in total. The Bertz CT molecular complexity index is 1630. The number of halogens is 3. The third-order valence-electron chi connectivity index (χ3n) is 8.81. The Hall–Kier alpha value is -2.72. The van der Waals surface area contributed by atoms with Crippen molar-refractivity contribution in [3.05, 3.63) is 63.1 Å². The molecule has 208 valence electrons. The van der Waals surface area contributed by atoms with E-state index in [9.17, 15) is 14.3 Å². The zero-order valence-electron chi connectivity index (χ0n) is 21.7. The van der Waals surface area contributed by atoms with E-state index in [2.05, 4.69) is 15.0 Å². The predicted octanol–water partition coefficient (Wildman–Crippen LogP) is 7.90. The highest BCUT2D eigenvalue weighted by molar-refractivity contribution is 7.22. The Morgan fingerprint density at radius 2 is 1.90 bits per heavy atom. The Morgan fingerprint density at radius 3 is 2.52 bits per heavy atom. The van der Waals surface area contributed by atoms with Gasteiger partial charge in [-0.05, 0) is 68.2 Å². The van der Waals surface area contributed by atoms with E-state index in [1.165, 1.54) is 17.4 Å². The quantitative estimate of drug-likeness (QED) is 0.240. The summed E-state index contributed by atoms with van der Waals surface area (Å²) in [6.45, 7) is 1.55. The van der Waals surface area contributed by atoms with Crippen LogP contribution < -0.4 is 4.90 Å². The van der Waals surface area contributed by atoms with Crippen molar-refractivity contribution in [1.29, 1.82) is 0 Å². The third kappa shape index (κ3) is 4.12. The molecule has 3 fully saturated rings. The topological polar surface area (TPSA) is 88.7 Å². The molecule has 2 aliphatic carbocycles. The summed E-state index contributed by atoms with van der Waals surface area (Å²) in [7, 11) is 1.75. The minimum Gasteiger partial charge on any atom is -0.478 e. The summed E-state index contributed by atoms with van der Waals surface area (Å²) >= 11 is 14.5. The SMILES string of the molecule is COC1(c2c(-c3c(Cl)cccc3Cl)noc2C2CC2)CC2(CCN(c3nc4c(F)cc(C(=O)O)cc4s3)CC2)C1. The lowest BCUT2D eigenvalue weighted by molar-refractivity contribution is -0.167. The maximum absolute atomic E-state index is 14.6. The molecule has 0 unspecified atom stereocenters. The molecule has 0 radical (unpaired) electrons. The number of piperidine rings is 1. The number of rotatable bonds is 6. The van der Waals surface area contributed by atoms with Gasteiger partial charge in [0, 0.05) is 31.7 Å². The molecule has 7 nitrogen and oxygen atoms in total. The number of aromatic nitrogens is 2. The second-order valence-electron chi connectivity index (χ2n) is 11.3. The molecule has 2 saturated carbocycles. The van der Waals surface area contributed by atoms with Crippen LogP contribution >= 0.6 is 34.5 Å². The molecule has 2 aromatic heterocycles. The van der Waals surface area contributed by atoms with Crippen molar-refractivity contribution in [2.45, 2.75) is 50.0 Å². The molecule has 1 aliphatic heterocycles. The van der Waals surface area contributed by atoms with E-state index in [1.807, 2.05) is 18.2 Å². The fourth-order valence-electron chi connectivity index (χ4n) is 6.61. The summed E-state index contributed by atoms with van der Waals surface area (Å²) in [6.07, 6.45) is 5.66. The minimum atomic E-state index is -1.15. The number of aromatic carboxylic acids is 1. The second-order valence-corrected chi connectivity index (χ2v) is 13.1. The highest BCUT2D eigenvalue weighted by Gasteiger charge is 2.60. The monoisotopic (exact) mass is 601 g/mol. The Kier molecular flexibility index (Phi) is 6.16. The summed E-state index contributed by atoms with van der Waals surface area (Å²) in [4.78, 5) is 18.0. The standard InChI is InChI=1S/C29H26Cl2FN3O4S/c1-38-29(22-24(34-39-25(22)15-5-6-15)21-17(30)3-2-4-18(21)31)13-28(14-29)7-9-35(10-8-28)27-33-23-19(32)11-16(26(36)37)12-20(23)40-27/h2-4,11-12,15H,5-10,13-14H2,1H3,(H,36,37). The van der Waals surface area contributed by atoms with Crippen molar-refractivity contribution in [1.82, 2.24) is 10.1 Å². The molecule has 3 aliphatic rings. The van der Waals surface area contributed by atoms with E-state index in [4.69, 9.17) is 32.5 Å². The molecule has 1 saturated heterocycles. The number of fused-ring (bicyclic) bond motifs is 1. The maximum atomic E-state index is 14.6. The smallest absolute Gasteiger partial charge is 0.335 e. The molecule has 1 spiro atoms. The Morgan fingerprint density at radius 1 is 1.20 bits per heavy atom. The van der Waals surface area contributed by atoms with Gasteiger partial charge in [-0.15, -0.1) is 0 Å². The summed E-state index contributed by atoms with van der Waals surface area (Å²) in [5.41, 5.74) is 2.03. The number of carboxylic acids is 1. The average molecular weight is 603 g/mol. The van der Waals surface area contributed by atoms with Crippen LogP contribution in [0.1, 0.15) is 66.1 Å². The largest absolute Gasteiger partial charge is 0.478 e. The van der Waals surface area contributed by atoms with Crippen LogP contribution in [-0.4, -0.2) is 41.4 Å².